The minimum atomic E-state index is -0.0337. The van der Waals surface area contributed by atoms with Crippen molar-refractivity contribution >= 4 is 10.9 Å². The maximum absolute atomic E-state index is 11.7. The first-order valence-corrected chi connectivity index (χ1v) is 6.59. The van der Waals surface area contributed by atoms with E-state index in [-0.39, 0.29) is 5.43 Å². The van der Waals surface area contributed by atoms with E-state index >= 15 is 0 Å². The van der Waals surface area contributed by atoms with Gasteiger partial charge in [0, 0.05) is 18.0 Å². The molecule has 0 bridgehead atoms. The van der Waals surface area contributed by atoms with Gasteiger partial charge in [0.15, 0.2) is 0 Å². The van der Waals surface area contributed by atoms with Gasteiger partial charge in [-0.25, -0.2) is 0 Å². The molecule has 1 N–H and O–H groups in total. The Kier molecular flexibility index (Phi) is 3.17. The average molecular weight is 255 g/mol. The third kappa shape index (κ3) is 2.74. The van der Waals surface area contributed by atoms with Crippen molar-refractivity contribution in [2.45, 2.75) is 25.4 Å². The summed E-state index contributed by atoms with van der Waals surface area (Å²) < 4.78 is 1.84. The molecular weight excluding hydrogens is 238 g/mol. The first-order chi connectivity index (χ1) is 9.24. The number of hydrogen-bond acceptors (Lipinski definition) is 3. The molecule has 19 heavy (non-hydrogen) atoms. The zero-order valence-electron chi connectivity index (χ0n) is 10.8. The van der Waals surface area contributed by atoms with Gasteiger partial charge in [-0.15, -0.1) is 0 Å². The summed E-state index contributed by atoms with van der Waals surface area (Å²) >= 11 is 0. The number of rotatable bonds is 5. The van der Waals surface area contributed by atoms with Gasteiger partial charge in [-0.3, -0.25) is 9.48 Å². The highest BCUT2D eigenvalue weighted by Crippen LogP contribution is 2.18. The van der Waals surface area contributed by atoms with Gasteiger partial charge in [-0.2, -0.15) is 5.10 Å². The average Bonchev–Trinajstić information content (AvgIpc) is 3.24. The lowest BCUT2D eigenvalue weighted by atomic mass is 10.2. The molecule has 1 aliphatic rings. The van der Waals surface area contributed by atoms with Crippen molar-refractivity contribution < 1.29 is 0 Å². The van der Waals surface area contributed by atoms with Crippen LogP contribution in [0.3, 0.4) is 0 Å². The fourth-order valence-corrected chi connectivity index (χ4v) is 2.13. The van der Waals surface area contributed by atoms with Gasteiger partial charge < -0.3 is 5.32 Å². The first kappa shape index (κ1) is 12.1. The van der Waals surface area contributed by atoms with Crippen molar-refractivity contribution in [2.24, 2.45) is 0 Å². The smallest absolute Gasteiger partial charge is 0.207 e. The summed E-state index contributed by atoms with van der Waals surface area (Å²) in [7, 11) is 0. The molecule has 1 aromatic carbocycles. The molecule has 1 aromatic heterocycles. The Morgan fingerprint density at radius 3 is 3.00 bits per heavy atom. The normalized spacial score (nSPS) is 14.7. The Morgan fingerprint density at radius 1 is 1.42 bits per heavy atom. The molecule has 98 valence electrons. The second-order valence-corrected chi connectivity index (χ2v) is 5.09. The number of para-hydroxylation sites is 1. The van der Waals surface area contributed by atoms with Gasteiger partial charge in [-0.1, -0.05) is 18.7 Å². The number of nitrogens with zero attached hydrogens (tertiary/aromatic N) is 2. The van der Waals surface area contributed by atoms with Gasteiger partial charge in [0.05, 0.1) is 18.3 Å². The van der Waals surface area contributed by atoms with Gasteiger partial charge in [0.25, 0.3) is 0 Å². The number of benzene rings is 1. The van der Waals surface area contributed by atoms with E-state index in [1.807, 2.05) is 28.9 Å². The van der Waals surface area contributed by atoms with Crippen LogP contribution in [0.15, 0.2) is 47.4 Å². The number of aromatic nitrogens is 2. The van der Waals surface area contributed by atoms with Gasteiger partial charge in [0.1, 0.15) is 0 Å². The van der Waals surface area contributed by atoms with E-state index in [1.165, 1.54) is 19.0 Å². The van der Waals surface area contributed by atoms with E-state index in [2.05, 4.69) is 17.0 Å². The fraction of sp³-hybridized carbons (Fsp3) is 0.333. The summed E-state index contributed by atoms with van der Waals surface area (Å²) in [5.41, 5.74) is 1.91. The van der Waals surface area contributed by atoms with Crippen LogP contribution in [0.25, 0.3) is 10.9 Å². The van der Waals surface area contributed by atoms with E-state index < -0.39 is 0 Å². The first-order valence-electron chi connectivity index (χ1n) is 6.59. The van der Waals surface area contributed by atoms with Crippen LogP contribution < -0.4 is 10.7 Å². The van der Waals surface area contributed by atoms with Crippen molar-refractivity contribution in [3.8, 4) is 0 Å². The molecule has 2 aromatic rings. The minimum absolute atomic E-state index is 0.0337. The SMILES string of the molecule is C=C(CNC1CC1)Cn1ncc(=O)c2ccccc21. The predicted molar refractivity (Wildman–Crippen MR) is 76.2 cm³/mol. The summed E-state index contributed by atoms with van der Waals surface area (Å²) in [6.45, 7) is 5.53. The van der Waals surface area contributed by atoms with Gasteiger partial charge >= 0.3 is 0 Å². The number of hydrogen-bond donors (Lipinski definition) is 1. The van der Waals surface area contributed by atoms with Crippen molar-refractivity contribution in [1.29, 1.82) is 0 Å². The standard InChI is InChI=1S/C15H17N3O/c1-11(8-16-12-6-7-12)10-18-14-5-3-2-4-13(14)15(19)9-17-18/h2-5,9,12,16H,1,6-8,10H2. The Bertz CT molecular complexity index is 670. The largest absolute Gasteiger partial charge is 0.310 e. The zero-order valence-corrected chi connectivity index (χ0v) is 10.8. The van der Waals surface area contributed by atoms with Gasteiger partial charge in [0.2, 0.25) is 5.43 Å². The number of nitrogens with one attached hydrogen (secondary N) is 1. The predicted octanol–water partition coefficient (Wildman–Crippen LogP) is 1.70. The molecular formula is C15H17N3O. The van der Waals surface area contributed by atoms with E-state index in [4.69, 9.17) is 0 Å². The summed E-state index contributed by atoms with van der Waals surface area (Å²) in [5.74, 6) is 0. The van der Waals surface area contributed by atoms with Crippen LogP contribution in [0.1, 0.15) is 12.8 Å². The van der Waals surface area contributed by atoms with Crippen LogP contribution >= 0.6 is 0 Å². The van der Waals surface area contributed by atoms with Crippen LogP contribution in [0.5, 0.6) is 0 Å². The quantitative estimate of drug-likeness (QED) is 0.827. The van der Waals surface area contributed by atoms with Gasteiger partial charge in [-0.05, 0) is 30.5 Å². The highest BCUT2D eigenvalue weighted by Gasteiger charge is 2.20. The van der Waals surface area contributed by atoms with Crippen LogP contribution in [0.2, 0.25) is 0 Å². The Morgan fingerprint density at radius 2 is 2.21 bits per heavy atom. The molecule has 0 unspecified atom stereocenters. The molecule has 0 spiro atoms. The van der Waals surface area contributed by atoms with Crippen LogP contribution in [-0.2, 0) is 6.54 Å². The third-order valence-corrected chi connectivity index (χ3v) is 3.35. The molecule has 1 heterocycles. The second-order valence-electron chi connectivity index (χ2n) is 5.09. The van der Waals surface area contributed by atoms with Crippen LogP contribution in [0, 0.1) is 0 Å². The second kappa shape index (κ2) is 4.97. The lowest BCUT2D eigenvalue weighted by Crippen LogP contribution is -2.22. The van der Waals surface area contributed by atoms with E-state index in [0.717, 1.165) is 17.6 Å². The van der Waals surface area contributed by atoms with Crippen molar-refractivity contribution in [2.75, 3.05) is 6.54 Å². The molecule has 3 rings (SSSR count). The number of fused-ring (bicyclic) bond motifs is 1. The molecule has 0 amide bonds. The zero-order chi connectivity index (χ0) is 13.2. The molecule has 4 heteroatoms. The van der Waals surface area contributed by atoms with E-state index in [0.29, 0.717) is 18.0 Å². The van der Waals surface area contributed by atoms with E-state index in [1.54, 1.807) is 0 Å². The molecule has 0 atom stereocenters. The molecule has 0 radical (unpaired) electrons. The third-order valence-electron chi connectivity index (χ3n) is 3.35. The lowest BCUT2D eigenvalue weighted by Gasteiger charge is -2.11. The maximum atomic E-state index is 11.7. The lowest BCUT2D eigenvalue weighted by molar-refractivity contribution is 0.641. The summed E-state index contributed by atoms with van der Waals surface area (Å²) in [5, 5.41) is 8.35. The van der Waals surface area contributed by atoms with Crippen molar-refractivity contribution in [3.63, 3.8) is 0 Å². The molecule has 1 fully saturated rings. The van der Waals surface area contributed by atoms with Crippen LogP contribution in [0.4, 0.5) is 0 Å². The Balaban J connectivity index is 1.82. The molecule has 1 aliphatic carbocycles. The van der Waals surface area contributed by atoms with Crippen molar-refractivity contribution in [3.05, 3.63) is 52.8 Å². The van der Waals surface area contributed by atoms with Crippen molar-refractivity contribution in [1.82, 2.24) is 15.1 Å². The molecule has 4 nitrogen and oxygen atoms in total. The maximum Gasteiger partial charge on any atom is 0.207 e. The Labute approximate surface area is 111 Å². The summed E-state index contributed by atoms with van der Waals surface area (Å²) in [4.78, 5) is 11.7. The van der Waals surface area contributed by atoms with E-state index in [9.17, 15) is 4.79 Å². The highest BCUT2D eigenvalue weighted by molar-refractivity contribution is 5.77. The summed E-state index contributed by atoms with van der Waals surface area (Å²) in [6.07, 6.45) is 3.92. The van der Waals surface area contributed by atoms with Crippen LogP contribution in [-0.4, -0.2) is 22.4 Å². The monoisotopic (exact) mass is 255 g/mol. The fourth-order valence-electron chi connectivity index (χ4n) is 2.13. The molecule has 0 saturated heterocycles. The molecule has 0 aliphatic heterocycles. The topological polar surface area (TPSA) is 46.9 Å². The highest BCUT2D eigenvalue weighted by atomic mass is 16.1. The molecule has 1 saturated carbocycles. The Hall–Kier alpha value is -1.94. The minimum Gasteiger partial charge on any atom is -0.310 e. The summed E-state index contributed by atoms with van der Waals surface area (Å²) in [6, 6.07) is 8.23.